The van der Waals surface area contributed by atoms with Gasteiger partial charge in [0.05, 0.1) is 0 Å². The van der Waals surface area contributed by atoms with Crippen molar-refractivity contribution in [2.75, 3.05) is 32.7 Å². The predicted octanol–water partition coefficient (Wildman–Crippen LogP) is 4.26. The standard InChI is InChI=1S/C16H32N2.C2H6/c1-4-15(3)18-9-5-6-16(13-18)12-17-10-7-14(2)8-11-17;1-2/h14-16H,4-13H2,1-3H3;1-2H3. The molecule has 2 unspecified atom stereocenters. The molecule has 0 spiro atoms. The van der Waals surface area contributed by atoms with Crippen molar-refractivity contribution in [3.63, 3.8) is 0 Å². The van der Waals surface area contributed by atoms with Crippen LogP contribution >= 0.6 is 0 Å². The molecule has 0 saturated carbocycles. The quantitative estimate of drug-likeness (QED) is 0.760. The van der Waals surface area contributed by atoms with Crippen LogP contribution in [0.4, 0.5) is 0 Å². The zero-order valence-electron chi connectivity index (χ0n) is 14.7. The molecule has 20 heavy (non-hydrogen) atoms. The Kier molecular flexibility index (Phi) is 8.79. The van der Waals surface area contributed by atoms with Gasteiger partial charge >= 0.3 is 0 Å². The average Bonchev–Trinajstić information content (AvgIpc) is 2.51. The van der Waals surface area contributed by atoms with Crippen LogP contribution in [0.3, 0.4) is 0 Å². The molecule has 0 radical (unpaired) electrons. The van der Waals surface area contributed by atoms with E-state index >= 15 is 0 Å². The van der Waals surface area contributed by atoms with Gasteiger partial charge in [0.25, 0.3) is 0 Å². The first-order chi connectivity index (χ1) is 9.69. The monoisotopic (exact) mass is 282 g/mol. The summed E-state index contributed by atoms with van der Waals surface area (Å²) < 4.78 is 0. The molecule has 0 aromatic carbocycles. The van der Waals surface area contributed by atoms with E-state index in [1.165, 1.54) is 64.8 Å². The molecular formula is C18H38N2. The SMILES string of the molecule is CC.CCC(C)N1CCCC(CN2CCC(C)CC2)C1. The van der Waals surface area contributed by atoms with Crippen molar-refractivity contribution in [2.24, 2.45) is 11.8 Å². The van der Waals surface area contributed by atoms with Gasteiger partial charge in [-0.1, -0.05) is 27.7 Å². The van der Waals surface area contributed by atoms with Gasteiger partial charge in [-0.2, -0.15) is 0 Å². The highest BCUT2D eigenvalue weighted by atomic mass is 15.2. The van der Waals surface area contributed by atoms with E-state index in [1.54, 1.807) is 0 Å². The lowest BCUT2D eigenvalue weighted by Gasteiger charge is -2.40. The summed E-state index contributed by atoms with van der Waals surface area (Å²) in [5, 5.41) is 0. The summed E-state index contributed by atoms with van der Waals surface area (Å²) in [6, 6.07) is 0.786. The van der Waals surface area contributed by atoms with Crippen molar-refractivity contribution in [1.82, 2.24) is 9.80 Å². The molecule has 2 saturated heterocycles. The van der Waals surface area contributed by atoms with E-state index in [-0.39, 0.29) is 0 Å². The van der Waals surface area contributed by atoms with Crippen LogP contribution in [0, 0.1) is 11.8 Å². The second-order valence-electron chi connectivity index (χ2n) is 6.74. The lowest BCUT2D eigenvalue weighted by molar-refractivity contribution is 0.0899. The fraction of sp³-hybridized carbons (Fsp3) is 1.00. The van der Waals surface area contributed by atoms with Crippen LogP contribution in [-0.4, -0.2) is 48.6 Å². The topological polar surface area (TPSA) is 6.48 Å². The Morgan fingerprint density at radius 1 is 1.05 bits per heavy atom. The van der Waals surface area contributed by atoms with Gasteiger partial charge in [-0.3, -0.25) is 0 Å². The molecular weight excluding hydrogens is 244 g/mol. The molecule has 2 atom stereocenters. The average molecular weight is 283 g/mol. The fourth-order valence-corrected chi connectivity index (χ4v) is 3.51. The third-order valence-corrected chi connectivity index (χ3v) is 5.16. The first kappa shape index (κ1) is 18.0. The molecule has 2 aliphatic heterocycles. The lowest BCUT2D eigenvalue weighted by atomic mass is 9.93. The van der Waals surface area contributed by atoms with Crippen LogP contribution in [0.25, 0.3) is 0 Å². The molecule has 2 aliphatic rings. The Hall–Kier alpha value is -0.0800. The second kappa shape index (κ2) is 9.78. The number of hydrogen-bond acceptors (Lipinski definition) is 2. The molecule has 0 amide bonds. The molecule has 2 nitrogen and oxygen atoms in total. The Balaban J connectivity index is 0.000000956. The van der Waals surface area contributed by atoms with Crippen LogP contribution in [0.2, 0.25) is 0 Å². The van der Waals surface area contributed by atoms with Gasteiger partial charge in [-0.05, 0) is 70.5 Å². The first-order valence-electron chi connectivity index (χ1n) is 9.15. The van der Waals surface area contributed by atoms with Crippen molar-refractivity contribution in [3.05, 3.63) is 0 Å². The van der Waals surface area contributed by atoms with Crippen molar-refractivity contribution in [1.29, 1.82) is 0 Å². The highest BCUT2D eigenvalue weighted by molar-refractivity contribution is 4.80. The highest BCUT2D eigenvalue weighted by Gasteiger charge is 2.25. The normalized spacial score (nSPS) is 27.8. The lowest BCUT2D eigenvalue weighted by Crippen LogP contribution is -2.45. The van der Waals surface area contributed by atoms with Crippen molar-refractivity contribution in [2.45, 2.75) is 72.8 Å². The zero-order valence-corrected chi connectivity index (χ0v) is 14.7. The van der Waals surface area contributed by atoms with E-state index in [2.05, 4.69) is 30.6 Å². The molecule has 2 heterocycles. The molecule has 0 bridgehead atoms. The van der Waals surface area contributed by atoms with Crippen LogP contribution < -0.4 is 0 Å². The minimum absolute atomic E-state index is 0.786. The van der Waals surface area contributed by atoms with E-state index < -0.39 is 0 Å². The third-order valence-electron chi connectivity index (χ3n) is 5.16. The first-order valence-corrected chi connectivity index (χ1v) is 9.15. The molecule has 2 heteroatoms. The maximum atomic E-state index is 2.73. The van der Waals surface area contributed by atoms with E-state index in [1.807, 2.05) is 13.8 Å². The zero-order chi connectivity index (χ0) is 15.0. The summed E-state index contributed by atoms with van der Waals surface area (Å²) in [7, 11) is 0. The van der Waals surface area contributed by atoms with Crippen LogP contribution in [0.15, 0.2) is 0 Å². The van der Waals surface area contributed by atoms with Gasteiger partial charge in [0.2, 0.25) is 0 Å². The molecule has 2 rings (SSSR count). The minimum atomic E-state index is 0.786. The van der Waals surface area contributed by atoms with Gasteiger partial charge in [0, 0.05) is 19.1 Å². The number of likely N-dealkylation sites (tertiary alicyclic amines) is 2. The number of nitrogens with zero attached hydrogens (tertiary/aromatic N) is 2. The van der Waals surface area contributed by atoms with E-state index in [0.717, 1.165) is 17.9 Å². The summed E-state index contributed by atoms with van der Waals surface area (Å²) >= 11 is 0. The summed E-state index contributed by atoms with van der Waals surface area (Å²) in [6.07, 6.45) is 7.01. The van der Waals surface area contributed by atoms with Crippen LogP contribution in [0.1, 0.15) is 66.7 Å². The van der Waals surface area contributed by atoms with Gasteiger partial charge in [-0.25, -0.2) is 0 Å². The molecule has 0 aliphatic carbocycles. The summed E-state index contributed by atoms with van der Waals surface area (Å²) in [4.78, 5) is 5.45. The molecule has 0 N–H and O–H groups in total. The number of rotatable bonds is 4. The molecule has 0 aromatic heterocycles. The minimum Gasteiger partial charge on any atom is -0.303 e. The Labute approximate surface area is 127 Å². The van der Waals surface area contributed by atoms with Gasteiger partial charge < -0.3 is 9.80 Å². The van der Waals surface area contributed by atoms with Crippen molar-refractivity contribution >= 4 is 0 Å². The van der Waals surface area contributed by atoms with Gasteiger partial charge in [0.15, 0.2) is 0 Å². The highest BCUT2D eigenvalue weighted by Crippen LogP contribution is 2.23. The van der Waals surface area contributed by atoms with Crippen molar-refractivity contribution in [3.8, 4) is 0 Å². The van der Waals surface area contributed by atoms with E-state index in [0.29, 0.717) is 0 Å². The number of piperidine rings is 2. The third kappa shape index (κ3) is 5.73. The van der Waals surface area contributed by atoms with Crippen molar-refractivity contribution < 1.29 is 0 Å². The Morgan fingerprint density at radius 3 is 2.30 bits per heavy atom. The van der Waals surface area contributed by atoms with E-state index in [9.17, 15) is 0 Å². The second-order valence-corrected chi connectivity index (χ2v) is 6.74. The van der Waals surface area contributed by atoms with Gasteiger partial charge in [-0.15, -0.1) is 0 Å². The Bertz CT molecular complexity index is 234. The molecule has 0 aromatic rings. The fourth-order valence-electron chi connectivity index (χ4n) is 3.51. The Morgan fingerprint density at radius 2 is 1.70 bits per heavy atom. The van der Waals surface area contributed by atoms with Crippen LogP contribution in [0.5, 0.6) is 0 Å². The largest absolute Gasteiger partial charge is 0.303 e. The summed E-state index contributed by atoms with van der Waals surface area (Å²) in [5.41, 5.74) is 0. The maximum Gasteiger partial charge on any atom is 0.00644 e. The maximum absolute atomic E-state index is 2.73. The van der Waals surface area contributed by atoms with E-state index in [4.69, 9.17) is 0 Å². The molecule has 2 fully saturated rings. The summed E-state index contributed by atoms with van der Waals surface area (Å²) in [6.45, 7) is 17.9. The van der Waals surface area contributed by atoms with Gasteiger partial charge in [0.1, 0.15) is 0 Å². The van der Waals surface area contributed by atoms with Crippen LogP contribution in [-0.2, 0) is 0 Å². The number of hydrogen-bond donors (Lipinski definition) is 0. The smallest absolute Gasteiger partial charge is 0.00644 e. The molecule has 120 valence electrons. The summed E-state index contributed by atoms with van der Waals surface area (Å²) in [5.74, 6) is 1.89. The predicted molar refractivity (Wildman–Crippen MR) is 90.2 cm³/mol.